The predicted molar refractivity (Wildman–Crippen MR) is 252 cm³/mol. The highest BCUT2D eigenvalue weighted by atomic mass is 32.2. The average molecular weight is 1120 g/mol. The molecule has 4 aromatic carbocycles. The van der Waals surface area contributed by atoms with Gasteiger partial charge in [-0.15, -0.1) is 0 Å². The van der Waals surface area contributed by atoms with Crippen molar-refractivity contribution in [2.75, 3.05) is 20.1 Å². The molecule has 1 aliphatic heterocycles. The van der Waals surface area contributed by atoms with Crippen LogP contribution in [0.4, 0.5) is 61.5 Å². The van der Waals surface area contributed by atoms with E-state index in [1.54, 1.807) is 31.3 Å². The van der Waals surface area contributed by atoms with Crippen LogP contribution >= 0.6 is 11.9 Å². The summed E-state index contributed by atoms with van der Waals surface area (Å²) in [7, 11) is -2.51. The monoisotopic (exact) mass is 1120 g/mol. The molecule has 0 saturated carbocycles. The molecule has 2 aromatic heterocycles. The molecule has 5 N–H and O–H groups in total. The molecule has 12 nitrogen and oxygen atoms in total. The van der Waals surface area contributed by atoms with Crippen molar-refractivity contribution < 1.29 is 79.5 Å². The van der Waals surface area contributed by atoms with E-state index < -0.39 is 105 Å². The summed E-state index contributed by atoms with van der Waals surface area (Å²) < 4.78 is 213. The zero-order valence-electron chi connectivity index (χ0n) is 39.1. The first-order valence-corrected chi connectivity index (χ1v) is 23.7. The first-order chi connectivity index (χ1) is 35.2. The summed E-state index contributed by atoms with van der Waals surface area (Å²) in [6.45, 7) is 2.05. The molecule has 0 aliphatic carbocycles. The Morgan fingerprint density at radius 3 is 1.36 bits per heavy atom. The van der Waals surface area contributed by atoms with Crippen LogP contribution in [-0.4, -0.2) is 70.5 Å². The molecule has 0 spiro atoms. The number of hydrogen-bond acceptors (Lipinski definition) is 10. The van der Waals surface area contributed by atoms with E-state index in [-0.39, 0.29) is 51.0 Å². The molecule has 404 valence electrons. The fourth-order valence-electron chi connectivity index (χ4n) is 6.68. The summed E-state index contributed by atoms with van der Waals surface area (Å²) in [5, 5.41) is 0. The lowest BCUT2D eigenvalue weighted by atomic mass is 10.0. The van der Waals surface area contributed by atoms with Gasteiger partial charge in [-0.2, -0.15) is 57.0 Å². The van der Waals surface area contributed by atoms with Gasteiger partial charge in [0.2, 0.25) is 21.8 Å². The molecule has 76 heavy (non-hydrogen) atoms. The van der Waals surface area contributed by atoms with E-state index in [1.165, 1.54) is 42.3 Å². The van der Waals surface area contributed by atoms with Crippen molar-refractivity contribution in [3.63, 3.8) is 0 Å². The summed E-state index contributed by atoms with van der Waals surface area (Å²) in [5.41, 5.74) is 3.99. The molecule has 28 heteroatoms. The molecule has 0 radical (unpaired) electrons. The maximum atomic E-state index is 13.2. The van der Waals surface area contributed by atoms with Crippen molar-refractivity contribution in [1.82, 2.24) is 29.0 Å². The third-order valence-corrected chi connectivity index (χ3v) is 12.6. The quantitative estimate of drug-likeness (QED) is 0.0605. The Kier molecular flexibility index (Phi) is 18.3. The van der Waals surface area contributed by atoms with Crippen LogP contribution in [0.25, 0.3) is 46.1 Å². The number of primary amides is 2. The second kappa shape index (κ2) is 23.3. The maximum Gasteiger partial charge on any atom is 0.416 e. The number of rotatable bonds is 12. The number of benzene rings is 4. The highest BCUT2D eigenvalue weighted by Gasteiger charge is 2.50. The molecular formula is C48H38F14N8O4S2. The van der Waals surface area contributed by atoms with E-state index in [2.05, 4.69) is 24.7 Å². The third kappa shape index (κ3) is 15.2. The molecule has 0 bridgehead atoms. The molecule has 6 aromatic rings. The van der Waals surface area contributed by atoms with E-state index in [9.17, 15) is 79.5 Å². The van der Waals surface area contributed by atoms with Crippen molar-refractivity contribution in [2.24, 2.45) is 11.5 Å². The Morgan fingerprint density at radius 2 is 1.00 bits per heavy atom. The van der Waals surface area contributed by atoms with Gasteiger partial charge in [0, 0.05) is 39.6 Å². The minimum atomic E-state index is -5.09. The fourth-order valence-corrected chi connectivity index (χ4v) is 8.75. The summed E-state index contributed by atoms with van der Waals surface area (Å²) in [6, 6.07) is 15.7. The second-order valence-electron chi connectivity index (χ2n) is 15.5. The van der Waals surface area contributed by atoms with Gasteiger partial charge in [-0.25, -0.2) is 37.1 Å². The van der Waals surface area contributed by atoms with Gasteiger partial charge in [0.05, 0.1) is 51.6 Å². The lowest BCUT2D eigenvalue weighted by molar-refractivity contribution is -0.144. The molecule has 0 atom stereocenters. The van der Waals surface area contributed by atoms with E-state index >= 15 is 0 Å². The van der Waals surface area contributed by atoms with Crippen molar-refractivity contribution in [1.29, 1.82) is 0 Å². The Labute approximate surface area is 427 Å². The number of carbonyl (C=O) groups is 2. The normalized spacial score (nSPS) is 14.4. The fraction of sp³-hybridized carbons (Fsp3) is 0.208. The predicted octanol–water partition coefficient (Wildman–Crippen LogP) is 11.3. The number of halogens is 14. The van der Waals surface area contributed by atoms with Crippen molar-refractivity contribution >= 4 is 57.1 Å². The molecule has 1 saturated heterocycles. The number of alkyl halides is 14. The van der Waals surface area contributed by atoms with E-state index in [4.69, 9.17) is 11.5 Å². The maximum absolute atomic E-state index is 13.2. The van der Waals surface area contributed by atoms with Crippen LogP contribution in [-0.2, 0) is 44.3 Å². The number of sulfonamides is 1. The first kappa shape index (κ1) is 59.6. The summed E-state index contributed by atoms with van der Waals surface area (Å²) in [4.78, 5) is 40.2. The molecule has 0 unspecified atom stereocenters. The van der Waals surface area contributed by atoms with Gasteiger partial charge in [0.25, 0.3) is 5.92 Å². The summed E-state index contributed by atoms with van der Waals surface area (Å²) >= 11 is 1.29. The number of aromatic nitrogens is 4. The highest BCUT2D eigenvalue weighted by molar-refractivity contribution is 7.97. The second-order valence-corrected chi connectivity index (χ2v) is 18.6. The van der Waals surface area contributed by atoms with Crippen LogP contribution in [0.3, 0.4) is 0 Å². The van der Waals surface area contributed by atoms with Gasteiger partial charge in [-0.3, -0.25) is 14.3 Å². The molecule has 1 aliphatic rings. The summed E-state index contributed by atoms with van der Waals surface area (Å²) in [6.07, 6.45) is -15.6. The van der Waals surface area contributed by atoms with Crippen LogP contribution < -0.4 is 16.2 Å². The molecular weight excluding hydrogens is 1080 g/mol. The molecule has 2 amide bonds. The van der Waals surface area contributed by atoms with Gasteiger partial charge in [0.15, 0.2) is 11.6 Å². The topological polar surface area (TPSA) is 187 Å². The smallest absolute Gasteiger partial charge is 0.366 e. The minimum Gasteiger partial charge on any atom is -0.366 e. The molecule has 1 fully saturated rings. The van der Waals surface area contributed by atoms with E-state index in [0.29, 0.717) is 34.1 Å². The number of carbonyl (C=O) groups excluding carboxylic acids is 2. The molecule has 7 rings (SSSR count). The third-order valence-electron chi connectivity index (χ3n) is 10.1. The van der Waals surface area contributed by atoms with E-state index in [1.807, 2.05) is 13.8 Å². The zero-order chi connectivity index (χ0) is 56.8. The average Bonchev–Trinajstić information content (AvgIpc) is 3.34. The number of nitrogens with one attached hydrogen (secondary N) is 1. The zero-order valence-corrected chi connectivity index (χ0v) is 40.7. The standard InChI is InChI=1S/C24H16F8N4O3S.C22H16F6N4OS.C2H6/c25-22(26)11-36(12-22)40(38,39)18-3-1-13(2-4-18)19(20(33)37)10-17-5-6-34-21(35-17)14-7-15(23(27,28)29)9-16(8-14)24(30,31)32;1-30-34-17-4-2-3-12(9-17)18(19(29)33)11-16-5-6-31-20(32-16)13-7-14(21(23,24)25)10-15(8-13)22(26,27)28;1-2/h1-10H,11-12H2,(H2,33,37);2-11,30H,1H3,(H2,29,33);1-2H3/b19-10+;18-11+;. The highest BCUT2D eigenvalue weighted by Crippen LogP contribution is 2.40. The number of nitrogens with two attached hydrogens (primary N) is 2. The van der Waals surface area contributed by atoms with Crippen molar-refractivity contribution in [3.05, 3.63) is 154 Å². The Hall–Kier alpha value is -7.30. The van der Waals surface area contributed by atoms with Gasteiger partial charge >= 0.3 is 24.7 Å². The minimum absolute atomic E-state index is 0.0224. The summed E-state index contributed by atoms with van der Waals surface area (Å²) in [5.74, 6) is -5.86. The first-order valence-electron chi connectivity index (χ1n) is 21.5. The van der Waals surface area contributed by atoms with Crippen LogP contribution in [0, 0.1) is 0 Å². The van der Waals surface area contributed by atoms with Gasteiger partial charge in [-0.1, -0.05) is 38.1 Å². The van der Waals surface area contributed by atoms with Crippen LogP contribution in [0.5, 0.6) is 0 Å². The van der Waals surface area contributed by atoms with Gasteiger partial charge < -0.3 is 11.5 Å². The lowest BCUT2D eigenvalue weighted by Crippen LogP contribution is -2.58. The SMILES string of the molecule is CC.CNSc1cccc(/C(=C\c2ccnc(-c3cc(C(F)(F)F)cc(C(F)(F)F)c3)n2)C(N)=O)c1.NC(=O)/C(=C/c1ccnc(-c2cc(C(F)(F)F)cc(C(F)(F)F)c2)n1)c1ccc(S(=O)(=O)N2CC(F)(F)C2)cc1. The number of amides is 2. The Balaban J connectivity index is 0.000000275. The lowest BCUT2D eigenvalue weighted by Gasteiger charge is -2.37. The number of nitrogens with zero attached hydrogens (tertiary/aromatic N) is 5. The van der Waals surface area contributed by atoms with Gasteiger partial charge in [0.1, 0.15) is 0 Å². The molecule has 3 heterocycles. The van der Waals surface area contributed by atoms with Crippen LogP contribution in [0.1, 0.15) is 58.6 Å². The van der Waals surface area contributed by atoms with Crippen LogP contribution in [0.2, 0.25) is 0 Å². The van der Waals surface area contributed by atoms with E-state index in [0.717, 1.165) is 35.5 Å². The van der Waals surface area contributed by atoms with Gasteiger partial charge in [-0.05, 0) is 115 Å². The Bertz CT molecular complexity index is 3200. The van der Waals surface area contributed by atoms with Crippen molar-refractivity contribution in [2.45, 2.75) is 54.3 Å². The number of hydrogen-bond donors (Lipinski definition) is 3. The Morgan fingerprint density at radius 1 is 0.605 bits per heavy atom. The van der Waals surface area contributed by atoms with Crippen molar-refractivity contribution in [3.8, 4) is 22.8 Å². The van der Waals surface area contributed by atoms with Crippen LogP contribution in [0.15, 0.2) is 119 Å². The largest absolute Gasteiger partial charge is 0.416 e.